The number of furan rings is 1. The monoisotopic (exact) mass is 476 g/mol. The largest absolute Gasteiger partial charge is 0.492 e. The Hall–Kier alpha value is -2.77. The normalized spacial score (nSPS) is 10.4. The molecular formula is C21H18BrClN2O4. The van der Waals surface area contributed by atoms with Gasteiger partial charge in [-0.15, -0.1) is 0 Å². The summed E-state index contributed by atoms with van der Waals surface area (Å²) in [5.41, 5.74) is 1.92. The lowest BCUT2D eigenvalue weighted by atomic mass is 10.1. The zero-order chi connectivity index (χ0) is 20.8. The van der Waals surface area contributed by atoms with E-state index >= 15 is 0 Å². The fourth-order valence-electron chi connectivity index (χ4n) is 2.60. The molecule has 1 heterocycles. The summed E-state index contributed by atoms with van der Waals surface area (Å²) >= 11 is 9.17. The lowest BCUT2D eigenvalue weighted by Gasteiger charge is -2.12. The first-order chi connectivity index (χ1) is 13.9. The van der Waals surface area contributed by atoms with E-state index in [9.17, 15) is 9.59 Å². The summed E-state index contributed by atoms with van der Waals surface area (Å²) in [6.45, 7) is 2.35. The van der Waals surface area contributed by atoms with Crippen LogP contribution in [0, 0.1) is 0 Å². The molecule has 1 aromatic heterocycles. The molecule has 3 rings (SSSR count). The van der Waals surface area contributed by atoms with Crippen LogP contribution in [0.1, 0.15) is 23.0 Å². The number of hydrogen-bond donors (Lipinski definition) is 2. The summed E-state index contributed by atoms with van der Waals surface area (Å²) in [4.78, 5) is 24.5. The molecule has 0 saturated heterocycles. The Morgan fingerprint density at radius 1 is 1.07 bits per heavy atom. The molecule has 0 aliphatic carbocycles. The molecule has 29 heavy (non-hydrogen) atoms. The van der Waals surface area contributed by atoms with Crippen molar-refractivity contribution in [1.82, 2.24) is 0 Å². The summed E-state index contributed by atoms with van der Waals surface area (Å²) in [5, 5.41) is 6.06. The van der Waals surface area contributed by atoms with Gasteiger partial charge in [0.1, 0.15) is 5.75 Å². The van der Waals surface area contributed by atoms with Crippen LogP contribution in [0.4, 0.5) is 11.4 Å². The summed E-state index contributed by atoms with van der Waals surface area (Å²) in [6, 6.07) is 15.3. The molecule has 0 atom stereocenters. The van der Waals surface area contributed by atoms with E-state index in [4.69, 9.17) is 20.8 Å². The van der Waals surface area contributed by atoms with Crippen molar-refractivity contribution in [1.29, 1.82) is 0 Å². The minimum atomic E-state index is -0.356. The van der Waals surface area contributed by atoms with Gasteiger partial charge in [0.25, 0.3) is 5.91 Å². The van der Waals surface area contributed by atoms with Crippen molar-refractivity contribution >= 4 is 50.7 Å². The van der Waals surface area contributed by atoms with Crippen molar-refractivity contribution in [2.45, 2.75) is 13.3 Å². The van der Waals surface area contributed by atoms with Crippen LogP contribution in [0.3, 0.4) is 0 Å². The molecule has 0 fully saturated rings. The smallest absolute Gasteiger partial charge is 0.291 e. The predicted octanol–water partition coefficient (Wildman–Crippen LogP) is 5.53. The van der Waals surface area contributed by atoms with Crippen molar-refractivity contribution in [2.75, 3.05) is 17.2 Å². The van der Waals surface area contributed by atoms with E-state index in [1.807, 2.05) is 6.92 Å². The van der Waals surface area contributed by atoms with Crippen molar-refractivity contribution in [3.8, 4) is 5.75 Å². The van der Waals surface area contributed by atoms with Gasteiger partial charge in [-0.2, -0.15) is 0 Å². The Kier molecular flexibility index (Phi) is 6.95. The first-order valence-electron chi connectivity index (χ1n) is 8.82. The molecule has 0 radical (unpaired) electrons. The average molecular weight is 478 g/mol. The molecule has 150 valence electrons. The Morgan fingerprint density at radius 2 is 1.83 bits per heavy atom. The van der Waals surface area contributed by atoms with Gasteiger partial charge in [-0.25, -0.2) is 0 Å². The summed E-state index contributed by atoms with van der Waals surface area (Å²) < 4.78 is 11.2. The molecule has 2 N–H and O–H groups in total. The zero-order valence-electron chi connectivity index (χ0n) is 15.5. The molecule has 8 heteroatoms. The van der Waals surface area contributed by atoms with Gasteiger partial charge in [0, 0.05) is 10.7 Å². The fourth-order valence-corrected chi connectivity index (χ4v) is 3.07. The van der Waals surface area contributed by atoms with Crippen LogP contribution < -0.4 is 15.4 Å². The highest BCUT2D eigenvalue weighted by atomic mass is 79.9. The Labute approximate surface area is 181 Å². The van der Waals surface area contributed by atoms with Crippen LogP contribution in [0.25, 0.3) is 0 Å². The second-order valence-corrected chi connectivity index (χ2v) is 7.27. The summed E-state index contributed by atoms with van der Waals surface area (Å²) in [5.74, 6) is 0.205. The minimum Gasteiger partial charge on any atom is -0.492 e. The maximum Gasteiger partial charge on any atom is 0.291 e. The highest BCUT2D eigenvalue weighted by molar-refractivity contribution is 9.10. The van der Waals surface area contributed by atoms with Crippen LogP contribution >= 0.6 is 27.5 Å². The van der Waals surface area contributed by atoms with Crippen molar-refractivity contribution in [3.05, 3.63) is 75.6 Å². The standard InChI is InChI=1S/C21H18BrClN2O4/c1-2-28-17-8-5-14(23)12-16(17)25-20(26)11-13-3-6-15(7-4-13)24-21(27)18-9-10-19(22)29-18/h3-10,12H,2,11H2,1H3,(H,24,27)(H,25,26). The van der Waals surface area contributed by atoms with Gasteiger partial charge in [-0.05, 0) is 70.9 Å². The van der Waals surface area contributed by atoms with Gasteiger partial charge in [-0.1, -0.05) is 23.7 Å². The molecule has 0 unspecified atom stereocenters. The number of anilines is 2. The minimum absolute atomic E-state index is 0.164. The Bertz CT molecular complexity index is 1020. The van der Waals surface area contributed by atoms with Gasteiger partial charge in [0.2, 0.25) is 5.91 Å². The van der Waals surface area contributed by atoms with Gasteiger partial charge >= 0.3 is 0 Å². The molecule has 0 aliphatic rings. The van der Waals surface area contributed by atoms with E-state index < -0.39 is 0 Å². The zero-order valence-corrected chi connectivity index (χ0v) is 17.8. The van der Waals surface area contributed by atoms with Crippen LogP contribution in [-0.4, -0.2) is 18.4 Å². The lowest BCUT2D eigenvalue weighted by Crippen LogP contribution is -2.15. The fraction of sp³-hybridized carbons (Fsp3) is 0.143. The Balaban J connectivity index is 1.60. The molecule has 0 aliphatic heterocycles. The highest BCUT2D eigenvalue weighted by Gasteiger charge is 2.12. The first kappa shape index (κ1) is 21.0. The van der Waals surface area contributed by atoms with E-state index in [1.54, 1.807) is 54.6 Å². The maximum absolute atomic E-state index is 12.4. The van der Waals surface area contributed by atoms with E-state index in [-0.39, 0.29) is 24.0 Å². The van der Waals surface area contributed by atoms with Gasteiger partial charge in [0.05, 0.1) is 18.7 Å². The quantitative estimate of drug-likeness (QED) is 0.469. The summed E-state index contributed by atoms with van der Waals surface area (Å²) in [6.07, 6.45) is 0.164. The van der Waals surface area contributed by atoms with Crippen molar-refractivity contribution < 1.29 is 18.7 Å². The summed E-state index contributed by atoms with van der Waals surface area (Å²) in [7, 11) is 0. The second-order valence-electron chi connectivity index (χ2n) is 6.05. The van der Waals surface area contributed by atoms with Crippen LogP contribution in [-0.2, 0) is 11.2 Å². The molecule has 6 nitrogen and oxygen atoms in total. The number of carbonyl (C=O) groups is 2. The Morgan fingerprint density at radius 3 is 2.48 bits per heavy atom. The SMILES string of the molecule is CCOc1ccc(Cl)cc1NC(=O)Cc1ccc(NC(=O)c2ccc(Br)o2)cc1. The third-order valence-electron chi connectivity index (χ3n) is 3.89. The van der Waals surface area contributed by atoms with E-state index in [0.717, 1.165) is 5.56 Å². The second kappa shape index (κ2) is 9.62. The van der Waals surface area contributed by atoms with Crippen LogP contribution in [0.5, 0.6) is 5.75 Å². The van der Waals surface area contributed by atoms with Crippen LogP contribution in [0.15, 0.2) is 63.7 Å². The molecule has 0 bridgehead atoms. The number of ether oxygens (including phenoxy) is 1. The third-order valence-corrected chi connectivity index (χ3v) is 4.55. The van der Waals surface area contributed by atoms with Gasteiger partial charge in [0.15, 0.2) is 10.4 Å². The van der Waals surface area contributed by atoms with Gasteiger partial charge in [-0.3, -0.25) is 9.59 Å². The van der Waals surface area contributed by atoms with E-state index in [1.165, 1.54) is 0 Å². The van der Waals surface area contributed by atoms with Crippen molar-refractivity contribution in [3.63, 3.8) is 0 Å². The lowest BCUT2D eigenvalue weighted by molar-refractivity contribution is -0.115. The topological polar surface area (TPSA) is 80.6 Å². The number of carbonyl (C=O) groups excluding carboxylic acids is 2. The number of amides is 2. The molecule has 3 aromatic rings. The van der Waals surface area contributed by atoms with Crippen molar-refractivity contribution in [2.24, 2.45) is 0 Å². The number of benzene rings is 2. The average Bonchev–Trinajstić information content (AvgIpc) is 3.12. The molecule has 2 aromatic carbocycles. The number of nitrogens with one attached hydrogen (secondary N) is 2. The maximum atomic E-state index is 12.4. The number of hydrogen-bond acceptors (Lipinski definition) is 4. The molecular weight excluding hydrogens is 460 g/mol. The van der Waals surface area contributed by atoms with E-state index in [2.05, 4.69) is 26.6 Å². The number of halogens is 2. The van der Waals surface area contributed by atoms with E-state index in [0.29, 0.717) is 33.4 Å². The third kappa shape index (κ3) is 5.85. The van der Waals surface area contributed by atoms with Crippen LogP contribution in [0.2, 0.25) is 5.02 Å². The first-order valence-corrected chi connectivity index (χ1v) is 9.99. The number of rotatable bonds is 7. The predicted molar refractivity (Wildman–Crippen MR) is 116 cm³/mol. The molecule has 0 spiro atoms. The van der Waals surface area contributed by atoms with Gasteiger partial charge < -0.3 is 19.8 Å². The highest BCUT2D eigenvalue weighted by Crippen LogP contribution is 2.28. The molecule has 0 saturated carbocycles. The molecule has 2 amide bonds.